The van der Waals surface area contributed by atoms with Crippen LogP contribution in [-0.4, -0.2) is 44.5 Å². The average Bonchev–Trinajstić information content (AvgIpc) is 3.33. The normalized spacial score (nSPS) is 15.7. The van der Waals surface area contributed by atoms with Crippen molar-refractivity contribution >= 4 is 27.8 Å². The van der Waals surface area contributed by atoms with Gasteiger partial charge < -0.3 is 20.0 Å². The number of benzene rings is 2. The highest BCUT2D eigenvalue weighted by Gasteiger charge is 2.22. The van der Waals surface area contributed by atoms with Crippen LogP contribution >= 0.6 is 0 Å². The molecule has 30 heavy (non-hydrogen) atoms. The van der Waals surface area contributed by atoms with Crippen LogP contribution in [0, 0.1) is 0 Å². The molecule has 1 aliphatic rings. The number of ether oxygens (including phenoxy) is 1. The van der Waals surface area contributed by atoms with Crippen molar-refractivity contribution in [3.63, 3.8) is 0 Å². The Bertz CT molecular complexity index is 1150. The number of aromatic nitrogens is 3. The number of hydrogen-bond acceptors (Lipinski definition) is 4. The molecule has 0 radical (unpaired) electrons. The Labute approximate surface area is 174 Å². The van der Waals surface area contributed by atoms with E-state index >= 15 is 0 Å². The molecule has 0 saturated carbocycles. The van der Waals surface area contributed by atoms with Gasteiger partial charge in [0.05, 0.1) is 23.1 Å². The summed E-state index contributed by atoms with van der Waals surface area (Å²) in [5.74, 6) is 1.53. The molecule has 1 fully saturated rings. The first-order valence-corrected chi connectivity index (χ1v) is 10.3. The van der Waals surface area contributed by atoms with Crippen LogP contribution in [0.3, 0.4) is 0 Å². The van der Waals surface area contributed by atoms with Gasteiger partial charge in [-0.1, -0.05) is 18.2 Å². The van der Waals surface area contributed by atoms with Gasteiger partial charge in [-0.3, -0.25) is 9.69 Å². The second-order valence-electron chi connectivity index (χ2n) is 7.89. The van der Waals surface area contributed by atoms with E-state index in [-0.39, 0.29) is 18.6 Å². The number of fused-ring (bicyclic) bond motifs is 2. The number of imidazole rings is 1. The Morgan fingerprint density at radius 1 is 1.13 bits per heavy atom. The first-order chi connectivity index (χ1) is 14.7. The van der Waals surface area contributed by atoms with Gasteiger partial charge in [0.15, 0.2) is 0 Å². The fourth-order valence-electron chi connectivity index (χ4n) is 4.26. The molecule has 1 aliphatic heterocycles. The van der Waals surface area contributed by atoms with Gasteiger partial charge in [-0.05, 0) is 43.2 Å². The zero-order valence-corrected chi connectivity index (χ0v) is 16.8. The molecule has 0 atom stereocenters. The van der Waals surface area contributed by atoms with Crippen molar-refractivity contribution in [1.82, 2.24) is 19.4 Å². The quantitative estimate of drug-likeness (QED) is 0.518. The average molecular weight is 403 g/mol. The molecule has 0 bridgehead atoms. The molecule has 1 amide bonds. The van der Waals surface area contributed by atoms with Gasteiger partial charge in [-0.15, -0.1) is 0 Å². The summed E-state index contributed by atoms with van der Waals surface area (Å²) in [5.41, 5.74) is 8.42. The molecule has 2 aromatic heterocycles. The summed E-state index contributed by atoms with van der Waals surface area (Å²) in [5, 5.41) is 1.02. The Hall–Kier alpha value is -3.32. The van der Waals surface area contributed by atoms with E-state index in [4.69, 9.17) is 10.5 Å². The number of nitrogens with two attached hydrogens (primary N) is 1. The number of H-pyrrole nitrogens is 1. The van der Waals surface area contributed by atoms with Crippen molar-refractivity contribution in [3.05, 3.63) is 60.6 Å². The lowest BCUT2D eigenvalue weighted by Gasteiger charge is -2.31. The Balaban J connectivity index is 1.22. The van der Waals surface area contributed by atoms with E-state index in [9.17, 15) is 4.79 Å². The van der Waals surface area contributed by atoms with E-state index in [1.807, 2.05) is 53.2 Å². The molecular formula is C23H25N5O2. The number of rotatable bonds is 6. The number of nitrogens with one attached hydrogen (secondary N) is 1. The summed E-state index contributed by atoms with van der Waals surface area (Å²) in [6.07, 6.45) is 4.01. The van der Waals surface area contributed by atoms with E-state index in [1.54, 1.807) is 0 Å². The smallest absolute Gasteiger partial charge is 0.237 e. The van der Waals surface area contributed by atoms with E-state index < -0.39 is 0 Å². The third-order valence-electron chi connectivity index (χ3n) is 5.74. The van der Waals surface area contributed by atoms with Crippen molar-refractivity contribution in [1.29, 1.82) is 0 Å². The maximum Gasteiger partial charge on any atom is 0.237 e. The number of para-hydroxylation sites is 2. The SMILES string of the molecule is NC(=O)Cn1ccc2c(OC3CCN(Cc4nc5ccccc5[nH]4)CC3)cccc21. The Kier molecular flexibility index (Phi) is 4.88. The van der Waals surface area contributed by atoms with Gasteiger partial charge in [-0.2, -0.15) is 0 Å². The van der Waals surface area contributed by atoms with Gasteiger partial charge in [0, 0.05) is 24.7 Å². The molecule has 154 valence electrons. The highest BCUT2D eigenvalue weighted by atomic mass is 16.5. The van der Waals surface area contributed by atoms with Gasteiger partial charge >= 0.3 is 0 Å². The molecule has 0 unspecified atom stereocenters. The molecule has 5 rings (SSSR count). The van der Waals surface area contributed by atoms with Crippen LogP contribution < -0.4 is 10.5 Å². The van der Waals surface area contributed by atoms with E-state index in [2.05, 4.69) is 20.9 Å². The van der Waals surface area contributed by atoms with Gasteiger partial charge in [0.25, 0.3) is 0 Å². The number of nitrogens with zero attached hydrogens (tertiary/aromatic N) is 3. The molecule has 3 N–H and O–H groups in total. The summed E-state index contributed by atoms with van der Waals surface area (Å²) in [6, 6.07) is 16.1. The van der Waals surface area contributed by atoms with Crippen molar-refractivity contribution in [2.45, 2.75) is 32.0 Å². The van der Waals surface area contributed by atoms with Crippen LogP contribution in [0.5, 0.6) is 5.75 Å². The van der Waals surface area contributed by atoms with E-state index in [0.29, 0.717) is 0 Å². The number of piperidine rings is 1. The van der Waals surface area contributed by atoms with Crippen LogP contribution in [0.4, 0.5) is 0 Å². The van der Waals surface area contributed by atoms with Crippen LogP contribution in [-0.2, 0) is 17.9 Å². The van der Waals surface area contributed by atoms with Gasteiger partial charge in [0.1, 0.15) is 24.2 Å². The minimum Gasteiger partial charge on any atom is -0.490 e. The summed E-state index contributed by atoms with van der Waals surface area (Å²) in [7, 11) is 0. The number of aromatic amines is 1. The van der Waals surface area contributed by atoms with Gasteiger partial charge in [0.2, 0.25) is 5.91 Å². The van der Waals surface area contributed by atoms with Crippen molar-refractivity contribution in [3.8, 4) is 5.75 Å². The summed E-state index contributed by atoms with van der Waals surface area (Å²) >= 11 is 0. The number of hydrogen-bond donors (Lipinski definition) is 2. The fraction of sp³-hybridized carbons (Fsp3) is 0.304. The number of carbonyl (C=O) groups excluding carboxylic acids is 1. The number of carbonyl (C=O) groups is 1. The molecule has 2 aromatic carbocycles. The Morgan fingerprint density at radius 2 is 1.97 bits per heavy atom. The minimum atomic E-state index is -0.351. The van der Waals surface area contributed by atoms with Crippen LogP contribution in [0.15, 0.2) is 54.7 Å². The third kappa shape index (κ3) is 3.76. The molecule has 3 heterocycles. The van der Waals surface area contributed by atoms with Crippen molar-refractivity contribution in [2.24, 2.45) is 5.73 Å². The Morgan fingerprint density at radius 3 is 2.77 bits per heavy atom. The zero-order chi connectivity index (χ0) is 20.5. The van der Waals surface area contributed by atoms with Crippen molar-refractivity contribution in [2.75, 3.05) is 13.1 Å². The predicted molar refractivity (Wildman–Crippen MR) is 116 cm³/mol. The van der Waals surface area contributed by atoms with Crippen LogP contribution in [0.1, 0.15) is 18.7 Å². The maximum absolute atomic E-state index is 11.3. The monoisotopic (exact) mass is 403 g/mol. The second-order valence-corrected chi connectivity index (χ2v) is 7.89. The van der Waals surface area contributed by atoms with Crippen molar-refractivity contribution < 1.29 is 9.53 Å². The standard InChI is InChI=1S/C23H25N5O2/c24-22(29)14-28-13-10-17-20(28)6-3-7-21(17)30-16-8-11-27(12-9-16)15-23-25-18-4-1-2-5-19(18)26-23/h1-7,10,13,16H,8-9,11-12,14-15H2,(H2,24,29)(H,25,26). The molecule has 0 aliphatic carbocycles. The summed E-state index contributed by atoms with van der Waals surface area (Å²) in [4.78, 5) is 21.8. The van der Waals surface area contributed by atoms with Crippen LogP contribution in [0.2, 0.25) is 0 Å². The zero-order valence-electron chi connectivity index (χ0n) is 16.8. The fourth-order valence-corrected chi connectivity index (χ4v) is 4.26. The highest BCUT2D eigenvalue weighted by molar-refractivity contribution is 5.88. The molecule has 0 spiro atoms. The lowest BCUT2D eigenvalue weighted by Crippen LogP contribution is -2.38. The first kappa shape index (κ1) is 18.7. The summed E-state index contributed by atoms with van der Waals surface area (Å²) < 4.78 is 8.22. The first-order valence-electron chi connectivity index (χ1n) is 10.3. The van der Waals surface area contributed by atoms with E-state index in [1.165, 1.54) is 0 Å². The molecule has 1 saturated heterocycles. The molecule has 4 aromatic rings. The second kappa shape index (κ2) is 7.84. The number of amides is 1. The number of primary amides is 1. The topological polar surface area (TPSA) is 89.2 Å². The number of likely N-dealkylation sites (tertiary alicyclic amines) is 1. The highest BCUT2D eigenvalue weighted by Crippen LogP contribution is 2.29. The largest absolute Gasteiger partial charge is 0.490 e. The summed E-state index contributed by atoms with van der Waals surface area (Å²) in [6.45, 7) is 2.95. The lowest BCUT2D eigenvalue weighted by molar-refractivity contribution is -0.118. The molecule has 7 heteroatoms. The molecule has 7 nitrogen and oxygen atoms in total. The lowest BCUT2D eigenvalue weighted by atomic mass is 10.1. The van der Waals surface area contributed by atoms with E-state index in [0.717, 1.165) is 66.0 Å². The van der Waals surface area contributed by atoms with Gasteiger partial charge in [-0.25, -0.2) is 4.98 Å². The predicted octanol–water partition coefficient (Wildman–Crippen LogP) is 3.05. The minimum absolute atomic E-state index is 0.174. The third-order valence-corrected chi connectivity index (χ3v) is 5.74. The molecular weight excluding hydrogens is 378 g/mol. The maximum atomic E-state index is 11.3. The van der Waals surface area contributed by atoms with Crippen LogP contribution in [0.25, 0.3) is 21.9 Å².